The molecule has 0 N–H and O–H groups in total. The van der Waals surface area contributed by atoms with E-state index in [1.165, 1.54) is 0 Å². The van der Waals surface area contributed by atoms with Gasteiger partial charge in [0.1, 0.15) is 16.7 Å². The highest BCUT2D eigenvalue weighted by Crippen LogP contribution is 2.13. The minimum Gasteiger partial charge on any atom is -0.494 e. The largest absolute Gasteiger partial charge is 0.494 e. The fourth-order valence-corrected chi connectivity index (χ4v) is 2.91. The van der Waals surface area contributed by atoms with Crippen LogP contribution in [0.15, 0.2) is 53.3 Å². The summed E-state index contributed by atoms with van der Waals surface area (Å²) in [5.41, 5.74) is 1.33. The van der Waals surface area contributed by atoms with E-state index in [0.717, 1.165) is 17.1 Å². The monoisotopic (exact) mass is 337 g/mol. The molecule has 0 spiro atoms. The minimum atomic E-state index is -0.0575. The summed E-state index contributed by atoms with van der Waals surface area (Å²) in [6.07, 6.45) is 0. The molecule has 1 aromatic heterocycles. The number of hydrogen-bond acceptors (Lipinski definition) is 3. The number of hydrogen-bond donors (Lipinski definition) is 0. The lowest BCUT2D eigenvalue weighted by Crippen LogP contribution is -2.47. The van der Waals surface area contributed by atoms with E-state index >= 15 is 0 Å². The van der Waals surface area contributed by atoms with Crippen molar-refractivity contribution in [1.29, 1.82) is 0 Å². The highest BCUT2D eigenvalue weighted by atomic mass is 16.5. The second kappa shape index (κ2) is 6.89. The third kappa shape index (κ3) is 3.18. The molecule has 1 heterocycles. The number of carbonyl (C=O) groups is 1. The SMILES string of the molecule is CCOc1ccc(C(=O)C[n+]2c(C)n(C)c(=O)c3ccccc32)cc1. The van der Waals surface area contributed by atoms with Crippen molar-refractivity contribution in [3.63, 3.8) is 0 Å². The van der Waals surface area contributed by atoms with E-state index < -0.39 is 0 Å². The molecule has 0 aliphatic carbocycles. The zero-order chi connectivity index (χ0) is 18.0. The molecule has 0 amide bonds. The Morgan fingerprint density at radius 2 is 1.80 bits per heavy atom. The fraction of sp³-hybridized carbons (Fsp3) is 0.250. The summed E-state index contributed by atoms with van der Waals surface area (Å²) in [7, 11) is 1.72. The molecule has 5 nitrogen and oxygen atoms in total. The molecule has 3 aromatic rings. The van der Waals surface area contributed by atoms with Gasteiger partial charge in [0, 0.05) is 12.5 Å². The molecule has 0 fully saturated rings. The van der Waals surface area contributed by atoms with Crippen molar-refractivity contribution in [3.8, 4) is 5.75 Å². The average molecular weight is 337 g/mol. The van der Waals surface area contributed by atoms with E-state index in [1.807, 2.05) is 36.6 Å². The van der Waals surface area contributed by atoms with Gasteiger partial charge in [0.25, 0.3) is 5.82 Å². The summed E-state index contributed by atoms with van der Waals surface area (Å²) in [5, 5.41) is 0.607. The van der Waals surface area contributed by atoms with Crippen LogP contribution in [0.2, 0.25) is 0 Å². The number of aromatic nitrogens is 2. The van der Waals surface area contributed by atoms with Crippen molar-refractivity contribution >= 4 is 16.7 Å². The third-order valence-electron chi connectivity index (χ3n) is 4.39. The number of para-hydroxylation sites is 1. The third-order valence-corrected chi connectivity index (χ3v) is 4.39. The average Bonchev–Trinajstić information content (AvgIpc) is 2.64. The highest BCUT2D eigenvalue weighted by molar-refractivity contribution is 5.95. The Hall–Kier alpha value is -2.95. The van der Waals surface area contributed by atoms with Crippen LogP contribution in [0.25, 0.3) is 10.9 Å². The minimum absolute atomic E-state index is 0.0139. The van der Waals surface area contributed by atoms with Crippen LogP contribution in [0, 0.1) is 6.92 Å². The van der Waals surface area contributed by atoms with Crippen molar-refractivity contribution in [3.05, 3.63) is 70.3 Å². The van der Waals surface area contributed by atoms with Crippen LogP contribution in [0.4, 0.5) is 0 Å². The maximum absolute atomic E-state index is 12.7. The molecular weight excluding hydrogens is 316 g/mol. The van der Waals surface area contributed by atoms with E-state index in [1.54, 1.807) is 41.9 Å². The first-order valence-electron chi connectivity index (χ1n) is 8.27. The van der Waals surface area contributed by atoms with Crippen molar-refractivity contribution in [2.45, 2.75) is 20.4 Å². The van der Waals surface area contributed by atoms with Crippen molar-refractivity contribution < 1.29 is 14.1 Å². The molecule has 0 aliphatic rings. The number of Topliss-reactive ketones (excluding diaryl/α,β-unsaturated/α-hetero) is 1. The van der Waals surface area contributed by atoms with Crippen LogP contribution in [0.3, 0.4) is 0 Å². The van der Waals surface area contributed by atoms with Gasteiger partial charge < -0.3 is 4.74 Å². The standard InChI is InChI=1S/C20H21N2O3/c1-4-25-16-11-9-15(10-12-16)19(23)13-22-14(2)21(3)20(24)17-7-5-6-8-18(17)22/h5-12H,4,13H2,1-3H3/q+1. The van der Waals surface area contributed by atoms with E-state index in [0.29, 0.717) is 17.6 Å². The summed E-state index contributed by atoms with van der Waals surface area (Å²) >= 11 is 0. The van der Waals surface area contributed by atoms with Gasteiger partial charge >= 0.3 is 5.56 Å². The predicted molar refractivity (Wildman–Crippen MR) is 96.1 cm³/mol. The summed E-state index contributed by atoms with van der Waals surface area (Å²) in [6, 6.07) is 14.5. The zero-order valence-corrected chi connectivity index (χ0v) is 14.7. The Morgan fingerprint density at radius 1 is 1.12 bits per heavy atom. The van der Waals surface area contributed by atoms with Crippen LogP contribution in [0.5, 0.6) is 5.75 Å². The Morgan fingerprint density at radius 3 is 2.48 bits per heavy atom. The van der Waals surface area contributed by atoms with Gasteiger partial charge in [0.2, 0.25) is 5.78 Å². The molecule has 2 aromatic carbocycles. The van der Waals surface area contributed by atoms with Gasteiger partial charge in [-0.1, -0.05) is 12.1 Å². The number of ketones is 1. The van der Waals surface area contributed by atoms with Gasteiger partial charge in [0.05, 0.1) is 13.7 Å². The molecule has 0 saturated heterocycles. The number of ether oxygens (including phenoxy) is 1. The molecule has 0 radical (unpaired) electrons. The molecular formula is C20H21N2O3+. The summed E-state index contributed by atoms with van der Waals surface area (Å²) in [6.45, 7) is 4.53. The zero-order valence-electron chi connectivity index (χ0n) is 14.7. The van der Waals surface area contributed by atoms with Crippen LogP contribution >= 0.6 is 0 Å². The van der Waals surface area contributed by atoms with Crippen molar-refractivity contribution in [2.75, 3.05) is 6.61 Å². The predicted octanol–water partition coefficient (Wildman–Crippen LogP) is 2.42. The van der Waals surface area contributed by atoms with Crippen LogP contribution in [0.1, 0.15) is 23.1 Å². The second-order valence-electron chi connectivity index (χ2n) is 5.90. The van der Waals surface area contributed by atoms with Crippen LogP contribution < -0.4 is 14.9 Å². The molecule has 3 rings (SSSR count). The maximum atomic E-state index is 12.7. The van der Waals surface area contributed by atoms with E-state index in [4.69, 9.17) is 4.74 Å². The smallest absolute Gasteiger partial charge is 0.345 e. The van der Waals surface area contributed by atoms with E-state index in [2.05, 4.69) is 0 Å². The van der Waals surface area contributed by atoms with Gasteiger partial charge in [-0.3, -0.25) is 4.79 Å². The van der Waals surface area contributed by atoms with Gasteiger partial charge in [-0.2, -0.15) is 4.57 Å². The Labute approximate surface area is 146 Å². The first kappa shape index (κ1) is 16.9. The maximum Gasteiger partial charge on any atom is 0.345 e. The molecule has 5 heteroatoms. The van der Waals surface area contributed by atoms with Crippen LogP contribution in [-0.2, 0) is 13.6 Å². The van der Waals surface area contributed by atoms with E-state index in [-0.39, 0.29) is 17.9 Å². The van der Waals surface area contributed by atoms with Crippen molar-refractivity contribution in [2.24, 2.45) is 7.05 Å². The lowest BCUT2D eigenvalue weighted by Gasteiger charge is -2.10. The normalized spacial score (nSPS) is 10.8. The number of fused-ring (bicyclic) bond motifs is 1. The first-order chi connectivity index (χ1) is 12.0. The summed E-state index contributed by atoms with van der Waals surface area (Å²) < 4.78 is 8.87. The molecule has 0 atom stereocenters. The van der Waals surface area contributed by atoms with Gasteiger partial charge in [0.15, 0.2) is 6.54 Å². The van der Waals surface area contributed by atoms with Crippen LogP contribution in [-0.4, -0.2) is 17.0 Å². The lowest BCUT2D eigenvalue weighted by atomic mass is 10.1. The summed E-state index contributed by atoms with van der Waals surface area (Å²) in [4.78, 5) is 25.1. The second-order valence-corrected chi connectivity index (χ2v) is 5.90. The number of nitrogens with zero attached hydrogens (tertiary/aromatic N) is 2. The highest BCUT2D eigenvalue weighted by Gasteiger charge is 2.20. The molecule has 0 bridgehead atoms. The molecule has 0 saturated carbocycles. The first-order valence-corrected chi connectivity index (χ1v) is 8.27. The number of rotatable bonds is 5. The quantitative estimate of drug-likeness (QED) is 0.531. The molecule has 25 heavy (non-hydrogen) atoms. The molecule has 0 aliphatic heterocycles. The van der Waals surface area contributed by atoms with Crippen molar-refractivity contribution in [1.82, 2.24) is 4.57 Å². The van der Waals surface area contributed by atoms with Gasteiger partial charge in [-0.05, 0) is 43.3 Å². The van der Waals surface area contributed by atoms with Gasteiger partial charge in [-0.15, -0.1) is 0 Å². The molecule has 0 unspecified atom stereocenters. The number of benzene rings is 2. The van der Waals surface area contributed by atoms with Gasteiger partial charge in [-0.25, -0.2) is 9.36 Å². The Kier molecular flexibility index (Phi) is 4.65. The Balaban J connectivity index is 2.00. The number of carbonyl (C=O) groups excluding carboxylic acids is 1. The van der Waals surface area contributed by atoms with E-state index in [9.17, 15) is 9.59 Å². The topological polar surface area (TPSA) is 52.2 Å². The fourth-order valence-electron chi connectivity index (χ4n) is 2.91. The Bertz CT molecular complexity index is 988. The summed E-state index contributed by atoms with van der Waals surface area (Å²) in [5.74, 6) is 1.47. The molecule has 128 valence electrons. The lowest BCUT2D eigenvalue weighted by molar-refractivity contribution is -0.668.